The summed E-state index contributed by atoms with van der Waals surface area (Å²) in [5.74, 6) is -0.293. The highest BCUT2D eigenvalue weighted by molar-refractivity contribution is 6.30. The van der Waals surface area contributed by atoms with Gasteiger partial charge in [0.15, 0.2) is 0 Å². The predicted octanol–water partition coefficient (Wildman–Crippen LogP) is 1.83. The Morgan fingerprint density at radius 2 is 2.00 bits per heavy atom. The molecule has 6 heteroatoms. The number of hydrogen-bond donors (Lipinski definition) is 1. The highest BCUT2D eigenvalue weighted by Gasteiger charge is 2.19. The van der Waals surface area contributed by atoms with Crippen molar-refractivity contribution in [2.75, 3.05) is 20.8 Å². The smallest absolute Gasteiger partial charge is 0.347 e. The van der Waals surface area contributed by atoms with Crippen LogP contribution in [0.1, 0.15) is 0 Å². The molecule has 0 aliphatic rings. The van der Waals surface area contributed by atoms with Gasteiger partial charge in [0.1, 0.15) is 11.5 Å². The molecule has 0 saturated heterocycles. The van der Waals surface area contributed by atoms with Crippen molar-refractivity contribution in [2.45, 2.75) is 6.10 Å². The van der Waals surface area contributed by atoms with Crippen LogP contribution in [0.5, 0.6) is 11.5 Å². The van der Waals surface area contributed by atoms with Gasteiger partial charge in [0.05, 0.1) is 13.7 Å². The van der Waals surface area contributed by atoms with E-state index in [0.717, 1.165) is 0 Å². The van der Waals surface area contributed by atoms with E-state index in [0.29, 0.717) is 16.5 Å². The summed E-state index contributed by atoms with van der Waals surface area (Å²) in [5, 5.41) is 9.30. The minimum absolute atomic E-state index is 0.0514. The maximum absolute atomic E-state index is 10.9. The predicted molar refractivity (Wildman–Crippen MR) is 61.9 cm³/mol. The molecule has 1 aromatic rings. The SMILES string of the molecule is COCC(Oc1cc(Cl)cc(OC)c1)C(=O)O. The van der Waals surface area contributed by atoms with Crippen molar-refractivity contribution >= 4 is 17.6 Å². The van der Waals surface area contributed by atoms with Crippen LogP contribution in [0.4, 0.5) is 0 Å². The van der Waals surface area contributed by atoms with E-state index < -0.39 is 12.1 Å². The quantitative estimate of drug-likeness (QED) is 0.845. The number of hydrogen-bond acceptors (Lipinski definition) is 4. The molecule has 0 aliphatic carbocycles. The summed E-state index contributed by atoms with van der Waals surface area (Å²) < 4.78 is 15.0. The molecule has 0 bridgehead atoms. The maximum atomic E-state index is 10.9. The van der Waals surface area contributed by atoms with Crippen molar-refractivity contribution in [3.8, 4) is 11.5 Å². The fourth-order valence-electron chi connectivity index (χ4n) is 1.19. The zero-order valence-corrected chi connectivity index (χ0v) is 10.2. The van der Waals surface area contributed by atoms with Crippen LogP contribution >= 0.6 is 11.6 Å². The van der Waals surface area contributed by atoms with E-state index in [4.69, 9.17) is 30.9 Å². The number of ether oxygens (including phenoxy) is 3. The van der Waals surface area contributed by atoms with E-state index in [2.05, 4.69) is 0 Å². The van der Waals surface area contributed by atoms with Gasteiger partial charge < -0.3 is 19.3 Å². The van der Waals surface area contributed by atoms with Gasteiger partial charge in [-0.2, -0.15) is 0 Å². The lowest BCUT2D eigenvalue weighted by Gasteiger charge is -2.15. The number of carboxylic acids is 1. The molecule has 94 valence electrons. The average molecular weight is 261 g/mol. The molecule has 1 N–H and O–H groups in total. The topological polar surface area (TPSA) is 65.0 Å². The van der Waals surface area contributed by atoms with Gasteiger partial charge in [-0.3, -0.25) is 0 Å². The molecule has 0 fully saturated rings. The molecule has 0 aliphatic heterocycles. The Kier molecular flexibility index (Phi) is 5.06. The van der Waals surface area contributed by atoms with Crippen molar-refractivity contribution in [2.24, 2.45) is 0 Å². The molecule has 0 aromatic heterocycles. The van der Waals surface area contributed by atoms with Gasteiger partial charge in [-0.05, 0) is 12.1 Å². The van der Waals surface area contributed by atoms with Gasteiger partial charge >= 0.3 is 5.97 Å². The summed E-state index contributed by atoms with van der Waals surface area (Å²) in [6.07, 6.45) is -1.08. The fraction of sp³-hybridized carbons (Fsp3) is 0.364. The van der Waals surface area contributed by atoms with E-state index >= 15 is 0 Å². The van der Waals surface area contributed by atoms with Gasteiger partial charge in [0.25, 0.3) is 0 Å². The molecule has 1 rings (SSSR count). The summed E-state index contributed by atoms with van der Waals surface area (Å²) in [5.41, 5.74) is 0. The first-order valence-electron chi connectivity index (χ1n) is 4.79. The number of benzene rings is 1. The molecule has 0 amide bonds. The Morgan fingerprint density at radius 1 is 1.35 bits per heavy atom. The highest BCUT2D eigenvalue weighted by Crippen LogP contribution is 2.26. The van der Waals surface area contributed by atoms with Crippen LogP contribution in [0.3, 0.4) is 0 Å². The number of rotatable bonds is 6. The lowest BCUT2D eigenvalue weighted by atomic mass is 10.3. The molecule has 1 atom stereocenters. The summed E-state index contributed by atoms with van der Waals surface area (Å²) in [7, 11) is 2.89. The minimum Gasteiger partial charge on any atom is -0.497 e. The molecule has 1 aromatic carbocycles. The normalized spacial score (nSPS) is 11.9. The Balaban J connectivity index is 2.84. The number of methoxy groups -OCH3 is 2. The Labute approximate surface area is 104 Å². The monoisotopic (exact) mass is 260 g/mol. The number of carboxylic acid groups (broad SMARTS) is 1. The van der Waals surface area contributed by atoms with Crippen molar-refractivity contribution in [3.05, 3.63) is 23.2 Å². The third-order valence-electron chi connectivity index (χ3n) is 1.95. The third kappa shape index (κ3) is 4.13. The van der Waals surface area contributed by atoms with Gasteiger partial charge in [-0.25, -0.2) is 4.79 Å². The fourth-order valence-corrected chi connectivity index (χ4v) is 1.41. The molecule has 0 spiro atoms. The first kappa shape index (κ1) is 13.6. The van der Waals surface area contributed by atoms with E-state index in [-0.39, 0.29) is 6.61 Å². The van der Waals surface area contributed by atoms with Crippen LogP contribution in [0, 0.1) is 0 Å². The van der Waals surface area contributed by atoms with Crippen LogP contribution in [-0.2, 0) is 9.53 Å². The van der Waals surface area contributed by atoms with Crippen molar-refractivity contribution in [1.82, 2.24) is 0 Å². The largest absolute Gasteiger partial charge is 0.497 e. The second-order valence-electron chi connectivity index (χ2n) is 3.23. The van der Waals surface area contributed by atoms with Gasteiger partial charge in [-0.15, -0.1) is 0 Å². The molecule has 0 saturated carbocycles. The van der Waals surface area contributed by atoms with Crippen LogP contribution < -0.4 is 9.47 Å². The molecular formula is C11H13ClO5. The zero-order valence-electron chi connectivity index (χ0n) is 9.47. The average Bonchev–Trinajstić information content (AvgIpc) is 2.27. The lowest BCUT2D eigenvalue weighted by molar-refractivity contribution is -0.147. The highest BCUT2D eigenvalue weighted by atomic mass is 35.5. The Morgan fingerprint density at radius 3 is 2.53 bits per heavy atom. The molecule has 17 heavy (non-hydrogen) atoms. The van der Waals surface area contributed by atoms with Gasteiger partial charge in [0.2, 0.25) is 6.10 Å². The van der Waals surface area contributed by atoms with Crippen molar-refractivity contribution in [3.63, 3.8) is 0 Å². The molecule has 0 heterocycles. The molecule has 1 unspecified atom stereocenters. The van der Waals surface area contributed by atoms with E-state index in [1.807, 2.05) is 0 Å². The number of carbonyl (C=O) groups is 1. The molecule has 0 radical (unpaired) electrons. The first-order chi connectivity index (χ1) is 8.06. The third-order valence-corrected chi connectivity index (χ3v) is 2.17. The number of aliphatic carboxylic acids is 1. The van der Waals surface area contributed by atoms with Crippen LogP contribution in [0.2, 0.25) is 5.02 Å². The van der Waals surface area contributed by atoms with Crippen molar-refractivity contribution in [1.29, 1.82) is 0 Å². The van der Waals surface area contributed by atoms with Gasteiger partial charge in [-0.1, -0.05) is 11.6 Å². The van der Waals surface area contributed by atoms with Crippen LogP contribution in [-0.4, -0.2) is 38.0 Å². The van der Waals surface area contributed by atoms with Crippen LogP contribution in [0.25, 0.3) is 0 Å². The summed E-state index contributed by atoms with van der Waals surface area (Å²) in [4.78, 5) is 10.9. The van der Waals surface area contributed by atoms with E-state index in [9.17, 15) is 4.79 Å². The maximum Gasteiger partial charge on any atom is 0.347 e. The molecule has 5 nitrogen and oxygen atoms in total. The number of halogens is 1. The lowest BCUT2D eigenvalue weighted by Crippen LogP contribution is -2.31. The van der Waals surface area contributed by atoms with Crippen molar-refractivity contribution < 1.29 is 24.1 Å². The first-order valence-corrected chi connectivity index (χ1v) is 5.17. The van der Waals surface area contributed by atoms with E-state index in [1.54, 1.807) is 12.1 Å². The van der Waals surface area contributed by atoms with Crippen LogP contribution in [0.15, 0.2) is 18.2 Å². The molecular weight excluding hydrogens is 248 g/mol. The second-order valence-corrected chi connectivity index (χ2v) is 3.66. The zero-order chi connectivity index (χ0) is 12.8. The standard InChI is InChI=1S/C11H13ClO5/c1-15-6-10(11(13)14)17-9-4-7(12)3-8(5-9)16-2/h3-5,10H,6H2,1-2H3,(H,13,14). The van der Waals surface area contributed by atoms with E-state index in [1.165, 1.54) is 20.3 Å². The summed E-state index contributed by atoms with van der Waals surface area (Å²) in [6, 6.07) is 4.66. The second kappa shape index (κ2) is 6.32. The Bertz CT molecular complexity index is 393. The summed E-state index contributed by atoms with van der Waals surface area (Å²) >= 11 is 5.83. The summed E-state index contributed by atoms with van der Waals surface area (Å²) in [6.45, 7) is -0.0514. The van der Waals surface area contributed by atoms with Gasteiger partial charge in [0, 0.05) is 18.2 Å². The minimum atomic E-state index is -1.11. The Hall–Kier alpha value is -1.46.